The van der Waals surface area contributed by atoms with Crippen LogP contribution in [0.25, 0.3) is 0 Å². The molecule has 0 aliphatic rings. The molecule has 98 valence electrons. The van der Waals surface area contributed by atoms with E-state index < -0.39 is 0 Å². The first-order valence-corrected chi connectivity index (χ1v) is 6.55. The van der Waals surface area contributed by atoms with Crippen LogP contribution in [-0.4, -0.2) is 24.6 Å². The van der Waals surface area contributed by atoms with Crippen LogP contribution < -0.4 is 10.2 Å². The fourth-order valence-corrected chi connectivity index (χ4v) is 1.75. The number of anilines is 2. The molecule has 1 unspecified atom stereocenters. The largest absolute Gasteiger partial charge is 0.370 e. The van der Waals surface area contributed by atoms with Gasteiger partial charge in [-0.2, -0.15) is 5.26 Å². The van der Waals surface area contributed by atoms with Crippen LogP contribution >= 0.6 is 0 Å². The van der Waals surface area contributed by atoms with Gasteiger partial charge in [-0.1, -0.05) is 6.92 Å². The number of rotatable bonds is 7. The molecular weight excluding hydrogens is 224 g/mol. The average Bonchev–Trinajstić information content (AvgIpc) is 2.42. The minimum atomic E-state index is 0.0326. The van der Waals surface area contributed by atoms with E-state index in [1.54, 1.807) is 0 Å². The van der Waals surface area contributed by atoms with Crippen molar-refractivity contribution >= 4 is 11.5 Å². The smallest absolute Gasteiger partial charge is 0.127 e. The summed E-state index contributed by atoms with van der Waals surface area (Å²) in [6.07, 6.45) is 2.89. The van der Waals surface area contributed by atoms with Crippen molar-refractivity contribution in [2.45, 2.75) is 27.2 Å². The monoisotopic (exact) mass is 246 g/mol. The van der Waals surface area contributed by atoms with E-state index in [0.29, 0.717) is 0 Å². The standard InChI is InChI=1S/C14H22N4/c1-4-7-16-14-9-13(6-8-17-14)18(5-2)11-12(3)10-15/h6,8-9,12H,4-5,7,11H2,1-3H3,(H,16,17). The summed E-state index contributed by atoms with van der Waals surface area (Å²) < 4.78 is 0. The van der Waals surface area contributed by atoms with Gasteiger partial charge in [-0.25, -0.2) is 4.98 Å². The first kappa shape index (κ1) is 14.3. The molecule has 1 heterocycles. The number of nitrogens with one attached hydrogen (secondary N) is 1. The Morgan fingerprint density at radius 3 is 2.89 bits per heavy atom. The number of pyridine rings is 1. The molecule has 0 bridgehead atoms. The third-order valence-corrected chi connectivity index (χ3v) is 2.76. The van der Waals surface area contributed by atoms with Gasteiger partial charge in [0.05, 0.1) is 12.0 Å². The van der Waals surface area contributed by atoms with E-state index in [1.807, 2.05) is 25.3 Å². The van der Waals surface area contributed by atoms with E-state index in [9.17, 15) is 0 Å². The van der Waals surface area contributed by atoms with Crippen molar-refractivity contribution in [3.05, 3.63) is 18.3 Å². The van der Waals surface area contributed by atoms with Crippen molar-refractivity contribution in [2.75, 3.05) is 29.9 Å². The van der Waals surface area contributed by atoms with E-state index in [-0.39, 0.29) is 5.92 Å². The van der Waals surface area contributed by atoms with Gasteiger partial charge in [-0.3, -0.25) is 0 Å². The Morgan fingerprint density at radius 1 is 1.50 bits per heavy atom. The summed E-state index contributed by atoms with van der Waals surface area (Å²) in [5.41, 5.74) is 1.12. The third kappa shape index (κ3) is 4.25. The van der Waals surface area contributed by atoms with Crippen molar-refractivity contribution in [2.24, 2.45) is 5.92 Å². The zero-order chi connectivity index (χ0) is 13.4. The second-order valence-electron chi connectivity index (χ2n) is 4.39. The van der Waals surface area contributed by atoms with E-state index in [4.69, 9.17) is 5.26 Å². The van der Waals surface area contributed by atoms with Crippen molar-refractivity contribution < 1.29 is 0 Å². The van der Waals surface area contributed by atoms with Crippen molar-refractivity contribution in [1.29, 1.82) is 5.26 Å². The van der Waals surface area contributed by atoms with Crippen LogP contribution in [0.15, 0.2) is 18.3 Å². The molecular formula is C14H22N4. The summed E-state index contributed by atoms with van der Waals surface area (Å²) in [6, 6.07) is 6.31. The van der Waals surface area contributed by atoms with Gasteiger partial charge in [-0.05, 0) is 26.3 Å². The maximum absolute atomic E-state index is 8.90. The van der Waals surface area contributed by atoms with Crippen LogP contribution in [0.2, 0.25) is 0 Å². The van der Waals surface area contributed by atoms with Crippen LogP contribution in [0.4, 0.5) is 11.5 Å². The molecule has 1 rings (SSSR count). The molecule has 0 saturated carbocycles. The van der Waals surface area contributed by atoms with E-state index in [1.165, 1.54) is 0 Å². The lowest BCUT2D eigenvalue weighted by Gasteiger charge is -2.24. The molecule has 1 atom stereocenters. The quantitative estimate of drug-likeness (QED) is 0.803. The molecule has 0 amide bonds. The molecule has 0 aromatic carbocycles. The topological polar surface area (TPSA) is 52.0 Å². The predicted octanol–water partition coefficient (Wildman–Crippen LogP) is 2.89. The second kappa shape index (κ2) is 7.54. The van der Waals surface area contributed by atoms with Crippen LogP contribution in [0.5, 0.6) is 0 Å². The lowest BCUT2D eigenvalue weighted by molar-refractivity contribution is 0.686. The summed E-state index contributed by atoms with van der Waals surface area (Å²) in [5.74, 6) is 0.933. The van der Waals surface area contributed by atoms with Crippen LogP contribution in [0.1, 0.15) is 27.2 Å². The fourth-order valence-electron chi connectivity index (χ4n) is 1.75. The first-order valence-electron chi connectivity index (χ1n) is 6.55. The normalized spacial score (nSPS) is 11.7. The fraction of sp³-hybridized carbons (Fsp3) is 0.571. The van der Waals surface area contributed by atoms with E-state index in [2.05, 4.69) is 35.1 Å². The predicted molar refractivity (Wildman–Crippen MR) is 75.7 cm³/mol. The highest BCUT2D eigenvalue weighted by Gasteiger charge is 2.09. The summed E-state index contributed by atoms with van der Waals surface area (Å²) in [5, 5.41) is 12.2. The van der Waals surface area contributed by atoms with Gasteiger partial charge in [0.2, 0.25) is 0 Å². The number of aromatic nitrogens is 1. The SMILES string of the molecule is CCCNc1cc(N(CC)CC(C)C#N)ccn1. The van der Waals surface area contributed by atoms with Crippen molar-refractivity contribution in [3.8, 4) is 6.07 Å². The third-order valence-electron chi connectivity index (χ3n) is 2.76. The molecule has 1 aromatic rings. The summed E-state index contributed by atoms with van der Waals surface area (Å²) >= 11 is 0. The Bertz CT molecular complexity index is 397. The Kier molecular flexibility index (Phi) is 5.99. The number of nitrogens with zero attached hydrogens (tertiary/aromatic N) is 3. The molecule has 0 aliphatic carbocycles. The molecule has 0 saturated heterocycles. The molecule has 0 spiro atoms. The van der Waals surface area contributed by atoms with Crippen LogP contribution in [-0.2, 0) is 0 Å². The van der Waals surface area contributed by atoms with Crippen LogP contribution in [0.3, 0.4) is 0 Å². The lowest BCUT2D eigenvalue weighted by Crippen LogP contribution is -2.27. The number of nitriles is 1. The Labute approximate surface area is 110 Å². The van der Waals surface area contributed by atoms with Gasteiger partial charge in [0.15, 0.2) is 0 Å². The Morgan fingerprint density at radius 2 is 2.28 bits per heavy atom. The Hall–Kier alpha value is -1.76. The van der Waals surface area contributed by atoms with Gasteiger partial charge in [0.1, 0.15) is 5.82 Å². The zero-order valence-electron chi connectivity index (χ0n) is 11.5. The van der Waals surface area contributed by atoms with Gasteiger partial charge >= 0.3 is 0 Å². The zero-order valence-corrected chi connectivity index (χ0v) is 11.5. The summed E-state index contributed by atoms with van der Waals surface area (Å²) in [7, 11) is 0. The second-order valence-corrected chi connectivity index (χ2v) is 4.39. The number of hydrogen-bond acceptors (Lipinski definition) is 4. The average molecular weight is 246 g/mol. The molecule has 1 N–H and O–H groups in total. The molecule has 4 heteroatoms. The summed E-state index contributed by atoms with van der Waals surface area (Å²) in [4.78, 5) is 6.49. The van der Waals surface area contributed by atoms with E-state index >= 15 is 0 Å². The number of hydrogen-bond donors (Lipinski definition) is 1. The van der Waals surface area contributed by atoms with Crippen molar-refractivity contribution in [1.82, 2.24) is 4.98 Å². The maximum atomic E-state index is 8.90. The van der Waals surface area contributed by atoms with Gasteiger partial charge in [0, 0.05) is 37.6 Å². The molecule has 1 aromatic heterocycles. The molecule has 18 heavy (non-hydrogen) atoms. The minimum Gasteiger partial charge on any atom is -0.370 e. The van der Waals surface area contributed by atoms with Gasteiger partial charge < -0.3 is 10.2 Å². The van der Waals surface area contributed by atoms with E-state index in [0.717, 1.165) is 37.6 Å². The maximum Gasteiger partial charge on any atom is 0.127 e. The highest BCUT2D eigenvalue weighted by Crippen LogP contribution is 2.18. The van der Waals surface area contributed by atoms with Gasteiger partial charge in [-0.15, -0.1) is 0 Å². The highest BCUT2D eigenvalue weighted by molar-refractivity contribution is 5.53. The Balaban J connectivity index is 2.76. The highest BCUT2D eigenvalue weighted by atomic mass is 15.1. The molecule has 0 radical (unpaired) electrons. The van der Waals surface area contributed by atoms with Gasteiger partial charge in [0.25, 0.3) is 0 Å². The summed E-state index contributed by atoms with van der Waals surface area (Å²) in [6.45, 7) is 8.75. The van der Waals surface area contributed by atoms with Crippen LogP contribution in [0, 0.1) is 17.2 Å². The molecule has 0 fully saturated rings. The minimum absolute atomic E-state index is 0.0326. The molecule has 4 nitrogen and oxygen atoms in total. The van der Waals surface area contributed by atoms with Crippen molar-refractivity contribution in [3.63, 3.8) is 0 Å². The molecule has 0 aliphatic heterocycles. The lowest BCUT2D eigenvalue weighted by atomic mass is 10.2. The first-order chi connectivity index (χ1) is 8.71.